The normalized spacial score (nSPS) is 12.6. The van der Waals surface area contributed by atoms with E-state index in [0.29, 0.717) is 12.0 Å². The average Bonchev–Trinajstić information content (AvgIpc) is 2.21. The highest BCUT2D eigenvalue weighted by Gasteiger charge is 2.09. The molecule has 0 saturated carbocycles. The van der Waals surface area contributed by atoms with Crippen molar-refractivity contribution in [1.82, 2.24) is 0 Å². The van der Waals surface area contributed by atoms with Gasteiger partial charge >= 0.3 is 0 Å². The van der Waals surface area contributed by atoms with E-state index in [0.717, 1.165) is 17.1 Å². The Morgan fingerprint density at radius 1 is 1.27 bits per heavy atom. The van der Waals surface area contributed by atoms with E-state index >= 15 is 0 Å². The molecule has 1 unspecified atom stereocenters. The average molecular weight is 208 g/mol. The SMILES string of the molecule is COc1ccc(N)c(NC(C)C(C)C)c1. The molecular formula is C12H20N2O. The van der Waals surface area contributed by atoms with E-state index < -0.39 is 0 Å². The Hall–Kier alpha value is -1.38. The molecule has 3 heteroatoms. The Morgan fingerprint density at radius 3 is 2.47 bits per heavy atom. The zero-order valence-corrected chi connectivity index (χ0v) is 9.87. The Bertz CT molecular complexity index is 323. The van der Waals surface area contributed by atoms with Crippen LogP contribution in [0, 0.1) is 5.92 Å². The first-order chi connectivity index (χ1) is 7.04. The van der Waals surface area contributed by atoms with Crippen LogP contribution in [0.5, 0.6) is 5.75 Å². The van der Waals surface area contributed by atoms with E-state index in [1.54, 1.807) is 7.11 Å². The van der Waals surface area contributed by atoms with Crippen LogP contribution in [0.3, 0.4) is 0 Å². The third-order valence-electron chi connectivity index (χ3n) is 2.64. The first-order valence-corrected chi connectivity index (χ1v) is 5.24. The van der Waals surface area contributed by atoms with Gasteiger partial charge in [0.1, 0.15) is 5.75 Å². The maximum atomic E-state index is 5.87. The van der Waals surface area contributed by atoms with Gasteiger partial charge in [0.15, 0.2) is 0 Å². The molecule has 3 N–H and O–H groups in total. The molecule has 0 radical (unpaired) electrons. The van der Waals surface area contributed by atoms with Crippen LogP contribution < -0.4 is 15.8 Å². The van der Waals surface area contributed by atoms with Crippen LogP contribution in [0.15, 0.2) is 18.2 Å². The van der Waals surface area contributed by atoms with Gasteiger partial charge in [-0.15, -0.1) is 0 Å². The summed E-state index contributed by atoms with van der Waals surface area (Å²) >= 11 is 0. The molecule has 0 saturated heterocycles. The largest absolute Gasteiger partial charge is 0.497 e. The minimum Gasteiger partial charge on any atom is -0.497 e. The number of ether oxygens (including phenoxy) is 1. The minimum atomic E-state index is 0.388. The lowest BCUT2D eigenvalue weighted by molar-refractivity contribution is 0.415. The number of hydrogen-bond donors (Lipinski definition) is 2. The Kier molecular flexibility index (Phi) is 3.83. The van der Waals surface area contributed by atoms with Crippen molar-refractivity contribution in [3.63, 3.8) is 0 Å². The standard InChI is InChI=1S/C12H20N2O/c1-8(2)9(3)14-12-7-10(15-4)5-6-11(12)13/h5-9,14H,13H2,1-4H3. The van der Waals surface area contributed by atoms with Gasteiger partial charge in [0.25, 0.3) is 0 Å². The molecule has 0 aliphatic carbocycles. The molecule has 0 spiro atoms. The lowest BCUT2D eigenvalue weighted by atomic mass is 10.1. The summed E-state index contributed by atoms with van der Waals surface area (Å²) in [5.74, 6) is 1.39. The van der Waals surface area contributed by atoms with Crippen LogP contribution >= 0.6 is 0 Å². The van der Waals surface area contributed by atoms with Crippen molar-refractivity contribution in [1.29, 1.82) is 0 Å². The summed E-state index contributed by atoms with van der Waals surface area (Å²) in [6, 6.07) is 6.03. The van der Waals surface area contributed by atoms with Gasteiger partial charge in [0, 0.05) is 12.1 Å². The molecule has 1 rings (SSSR count). The molecule has 0 fully saturated rings. The second-order valence-electron chi connectivity index (χ2n) is 4.13. The number of methoxy groups -OCH3 is 1. The van der Waals surface area contributed by atoms with E-state index in [-0.39, 0.29) is 0 Å². The molecule has 0 amide bonds. The second-order valence-corrected chi connectivity index (χ2v) is 4.13. The lowest BCUT2D eigenvalue weighted by Gasteiger charge is -2.20. The van der Waals surface area contributed by atoms with Gasteiger partial charge in [-0.3, -0.25) is 0 Å². The number of nitrogens with two attached hydrogens (primary N) is 1. The third-order valence-corrected chi connectivity index (χ3v) is 2.64. The zero-order valence-electron chi connectivity index (χ0n) is 9.87. The Balaban J connectivity index is 2.83. The van der Waals surface area contributed by atoms with Crippen LogP contribution in [-0.4, -0.2) is 13.2 Å². The summed E-state index contributed by atoms with van der Waals surface area (Å²) in [5, 5.41) is 3.38. The monoisotopic (exact) mass is 208 g/mol. The summed E-state index contributed by atoms with van der Waals surface area (Å²) in [5.41, 5.74) is 7.57. The fourth-order valence-corrected chi connectivity index (χ4v) is 1.20. The van der Waals surface area contributed by atoms with E-state index in [1.807, 2.05) is 18.2 Å². The lowest BCUT2D eigenvalue weighted by Crippen LogP contribution is -2.22. The van der Waals surface area contributed by atoms with Crippen molar-refractivity contribution in [3.8, 4) is 5.75 Å². The summed E-state index contributed by atoms with van der Waals surface area (Å²) in [6.45, 7) is 6.49. The third kappa shape index (κ3) is 3.05. The first kappa shape index (κ1) is 11.7. The highest BCUT2D eigenvalue weighted by atomic mass is 16.5. The Labute approximate surface area is 91.6 Å². The van der Waals surface area contributed by atoms with Crippen molar-refractivity contribution in [2.45, 2.75) is 26.8 Å². The molecule has 84 valence electrons. The fraction of sp³-hybridized carbons (Fsp3) is 0.500. The number of nitrogens with one attached hydrogen (secondary N) is 1. The summed E-state index contributed by atoms with van der Waals surface area (Å²) in [6.07, 6.45) is 0. The van der Waals surface area contributed by atoms with Gasteiger partial charge in [0.2, 0.25) is 0 Å². The van der Waals surface area contributed by atoms with Crippen LogP contribution in [0.2, 0.25) is 0 Å². The fourth-order valence-electron chi connectivity index (χ4n) is 1.20. The minimum absolute atomic E-state index is 0.388. The van der Waals surface area contributed by atoms with Crippen molar-refractivity contribution in [2.75, 3.05) is 18.2 Å². The number of rotatable bonds is 4. The van der Waals surface area contributed by atoms with Gasteiger partial charge in [-0.2, -0.15) is 0 Å². The number of anilines is 2. The maximum absolute atomic E-state index is 5.87. The number of nitrogen functional groups attached to an aromatic ring is 1. The van der Waals surface area contributed by atoms with Crippen molar-refractivity contribution < 1.29 is 4.74 Å². The van der Waals surface area contributed by atoms with Crippen molar-refractivity contribution in [3.05, 3.63) is 18.2 Å². The van der Waals surface area contributed by atoms with Crippen LogP contribution in [0.4, 0.5) is 11.4 Å². The van der Waals surface area contributed by atoms with Crippen LogP contribution in [0.1, 0.15) is 20.8 Å². The molecule has 0 bridgehead atoms. The second kappa shape index (κ2) is 4.91. The summed E-state index contributed by atoms with van der Waals surface area (Å²) in [7, 11) is 1.65. The molecule has 0 heterocycles. The molecule has 15 heavy (non-hydrogen) atoms. The molecule has 0 aromatic heterocycles. The van der Waals surface area contributed by atoms with E-state index in [4.69, 9.17) is 10.5 Å². The molecular weight excluding hydrogens is 188 g/mol. The Morgan fingerprint density at radius 2 is 1.93 bits per heavy atom. The quantitative estimate of drug-likeness (QED) is 0.748. The molecule has 0 aliphatic rings. The van der Waals surface area contributed by atoms with Crippen LogP contribution in [0.25, 0.3) is 0 Å². The van der Waals surface area contributed by atoms with Gasteiger partial charge in [-0.25, -0.2) is 0 Å². The van der Waals surface area contributed by atoms with Gasteiger partial charge < -0.3 is 15.8 Å². The summed E-state index contributed by atoms with van der Waals surface area (Å²) in [4.78, 5) is 0. The van der Waals surface area contributed by atoms with Gasteiger partial charge in [0.05, 0.1) is 18.5 Å². The van der Waals surface area contributed by atoms with Crippen LogP contribution in [-0.2, 0) is 0 Å². The molecule has 1 aromatic rings. The number of hydrogen-bond acceptors (Lipinski definition) is 3. The van der Waals surface area contributed by atoms with E-state index in [2.05, 4.69) is 26.1 Å². The van der Waals surface area contributed by atoms with E-state index in [9.17, 15) is 0 Å². The van der Waals surface area contributed by atoms with Gasteiger partial charge in [-0.05, 0) is 25.0 Å². The smallest absolute Gasteiger partial charge is 0.121 e. The topological polar surface area (TPSA) is 47.3 Å². The predicted octanol–water partition coefficient (Wildman–Crippen LogP) is 2.73. The molecule has 1 aromatic carbocycles. The highest BCUT2D eigenvalue weighted by Crippen LogP contribution is 2.25. The van der Waals surface area contributed by atoms with Crippen molar-refractivity contribution >= 4 is 11.4 Å². The molecule has 1 atom stereocenters. The zero-order chi connectivity index (χ0) is 11.4. The highest BCUT2D eigenvalue weighted by molar-refractivity contribution is 5.68. The molecule has 0 aliphatic heterocycles. The molecule has 3 nitrogen and oxygen atoms in total. The van der Waals surface area contributed by atoms with Crippen molar-refractivity contribution in [2.24, 2.45) is 5.92 Å². The maximum Gasteiger partial charge on any atom is 0.121 e. The predicted molar refractivity (Wildman–Crippen MR) is 65.3 cm³/mol. The first-order valence-electron chi connectivity index (χ1n) is 5.24. The summed E-state index contributed by atoms with van der Waals surface area (Å²) < 4.78 is 5.16. The number of benzene rings is 1. The van der Waals surface area contributed by atoms with E-state index in [1.165, 1.54) is 0 Å². The van der Waals surface area contributed by atoms with Gasteiger partial charge in [-0.1, -0.05) is 13.8 Å².